The Kier molecular flexibility index (Phi) is 7.57. The minimum atomic E-state index is -8.08. The fraction of sp³-hybridized carbons (Fsp3) is 0.412. The Balaban J connectivity index is 3.20. The van der Waals surface area contributed by atoms with Crippen molar-refractivity contribution in [2.24, 2.45) is 5.10 Å². The standard InChI is InChI=1S/C17H11F13N2O/c1-9(7-8-10-5-3-2-4-6-10)31-32-11(33)12(18,19)13(20,21)14(22,23)15(24,25)16(26,27)17(28,29)30/h2-8H,1H3,(H,32,33). The number of allylic oxidation sites excluding steroid dienone is 1. The number of carbonyl (C=O) groups excluding carboxylic acids is 1. The Morgan fingerprint density at radius 2 is 1.21 bits per heavy atom. The summed E-state index contributed by atoms with van der Waals surface area (Å²) >= 11 is 0. The highest BCUT2D eigenvalue weighted by atomic mass is 19.4. The van der Waals surface area contributed by atoms with Crippen LogP contribution in [0.4, 0.5) is 57.1 Å². The van der Waals surface area contributed by atoms with Crippen molar-refractivity contribution in [1.29, 1.82) is 0 Å². The van der Waals surface area contributed by atoms with Crippen LogP contribution in [0, 0.1) is 0 Å². The largest absolute Gasteiger partial charge is 0.460 e. The van der Waals surface area contributed by atoms with Gasteiger partial charge in [-0.2, -0.15) is 62.2 Å². The van der Waals surface area contributed by atoms with Gasteiger partial charge in [0.1, 0.15) is 0 Å². The van der Waals surface area contributed by atoms with E-state index in [9.17, 15) is 61.9 Å². The average molecular weight is 506 g/mol. The van der Waals surface area contributed by atoms with Crippen molar-refractivity contribution in [2.75, 3.05) is 0 Å². The lowest BCUT2D eigenvalue weighted by Gasteiger charge is -2.39. The van der Waals surface area contributed by atoms with Crippen LogP contribution >= 0.6 is 0 Å². The van der Waals surface area contributed by atoms with E-state index in [1.54, 1.807) is 18.2 Å². The van der Waals surface area contributed by atoms with Crippen LogP contribution < -0.4 is 5.43 Å². The first-order chi connectivity index (χ1) is 14.6. The van der Waals surface area contributed by atoms with E-state index in [1.807, 2.05) is 0 Å². The molecule has 0 radical (unpaired) electrons. The topological polar surface area (TPSA) is 41.5 Å². The van der Waals surface area contributed by atoms with E-state index in [-0.39, 0.29) is 0 Å². The Bertz CT molecular complexity index is 905. The van der Waals surface area contributed by atoms with E-state index < -0.39 is 47.4 Å². The van der Waals surface area contributed by atoms with Crippen molar-refractivity contribution in [3.63, 3.8) is 0 Å². The van der Waals surface area contributed by atoms with Crippen LogP contribution in [0.15, 0.2) is 41.5 Å². The molecule has 0 unspecified atom stereocenters. The molecule has 0 aliphatic heterocycles. The van der Waals surface area contributed by atoms with Gasteiger partial charge in [-0.3, -0.25) is 4.79 Å². The fourth-order valence-corrected chi connectivity index (χ4v) is 1.94. The van der Waals surface area contributed by atoms with Gasteiger partial charge in [0.15, 0.2) is 0 Å². The molecule has 0 saturated carbocycles. The van der Waals surface area contributed by atoms with Gasteiger partial charge in [-0.1, -0.05) is 36.4 Å². The number of rotatable bonds is 8. The molecule has 1 aromatic carbocycles. The number of hydrogen-bond donors (Lipinski definition) is 1. The summed E-state index contributed by atoms with van der Waals surface area (Å²) in [5.74, 6) is -42.1. The Labute approximate surface area is 175 Å². The van der Waals surface area contributed by atoms with E-state index in [0.717, 1.165) is 13.0 Å². The Hall–Kier alpha value is -2.81. The summed E-state index contributed by atoms with van der Waals surface area (Å²) in [4.78, 5) is 11.3. The molecule has 0 saturated heterocycles. The fourth-order valence-electron chi connectivity index (χ4n) is 1.94. The molecular weight excluding hydrogens is 495 g/mol. The summed E-state index contributed by atoms with van der Waals surface area (Å²) in [7, 11) is 0. The molecule has 186 valence electrons. The van der Waals surface area contributed by atoms with E-state index in [1.165, 1.54) is 18.2 Å². The normalized spacial score (nSPS) is 15.2. The molecule has 1 aromatic rings. The number of nitrogens with one attached hydrogen (secondary N) is 1. The maximum Gasteiger partial charge on any atom is 0.460 e. The van der Waals surface area contributed by atoms with Gasteiger partial charge in [0.05, 0.1) is 5.71 Å². The second-order valence-electron chi connectivity index (χ2n) is 6.31. The Morgan fingerprint density at radius 1 is 0.758 bits per heavy atom. The minimum Gasteiger partial charge on any atom is -0.266 e. The van der Waals surface area contributed by atoms with Gasteiger partial charge < -0.3 is 0 Å². The number of amides is 1. The summed E-state index contributed by atoms with van der Waals surface area (Å²) in [5.41, 5.74) is 0.702. The smallest absolute Gasteiger partial charge is 0.266 e. The third-order valence-electron chi connectivity index (χ3n) is 3.87. The molecule has 0 bridgehead atoms. The van der Waals surface area contributed by atoms with Crippen LogP contribution in [0.25, 0.3) is 6.08 Å². The third-order valence-corrected chi connectivity index (χ3v) is 3.87. The van der Waals surface area contributed by atoms with E-state index in [0.29, 0.717) is 11.0 Å². The predicted octanol–water partition coefficient (Wildman–Crippen LogP) is 5.93. The summed E-state index contributed by atoms with van der Waals surface area (Å²) in [6, 6.07) is 7.79. The van der Waals surface area contributed by atoms with Crippen molar-refractivity contribution in [3.05, 3.63) is 42.0 Å². The van der Waals surface area contributed by atoms with E-state index in [2.05, 4.69) is 5.10 Å². The Morgan fingerprint density at radius 3 is 1.67 bits per heavy atom. The molecule has 0 spiro atoms. The molecule has 1 rings (SSSR count). The summed E-state index contributed by atoms with van der Waals surface area (Å²) in [6.45, 7) is 0.975. The molecule has 0 aliphatic rings. The van der Waals surface area contributed by atoms with Gasteiger partial charge in [-0.05, 0) is 18.6 Å². The van der Waals surface area contributed by atoms with Crippen molar-refractivity contribution in [2.45, 2.75) is 42.7 Å². The van der Waals surface area contributed by atoms with Crippen LogP contribution in [0.3, 0.4) is 0 Å². The predicted molar refractivity (Wildman–Crippen MR) is 87.5 cm³/mol. The van der Waals surface area contributed by atoms with Gasteiger partial charge in [-0.15, -0.1) is 0 Å². The number of carbonyl (C=O) groups is 1. The highest BCUT2D eigenvalue weighted by Crippen LogP contribution is 2.60. The van der Waals surface area contributed by atoms with Crippen molar-refractivity contribution >= 4 is 17.7 Å². The van der Waals surface area contributed by atoms with Crippen molar-refractivity contribution in [3.8, 4) is 0 Å². The number of hydrogen-bond acceptors (Lipinski definition) is 2. The molecule has 33 heavy (non-hydrogen) atoms. The number of alkyl halides is 13. The molecule has 0 aliphatic carbocycles. The second kappa shape index (κ2) is 8.85. The zero-order valence-corrected chi connectivity index (χ0v) is 15.8. The van der Waals surface area contributed by atoms with Crippen molar-refractivity contribution in [1.82, 2.24) is 5.43 Å². The second-order valence-corrected chi connectivity index (χ2v) is 6.31. The van der Waals surface area contributed by atoms with Crippen LogP contribution in [-0.2, 0) is 4.79 Å². The lowest BCUT2D eigenvalue weighted by atomic mass is 9.93. The van der Waals surface area contributed by atoms with E-state index in [4.69, 9.17) is 0 Å². The molecule has 1 N–H and O–H groups in total. The molecule has 16 heteroatoms. The number of benzene rings is 1. The van der Waals surface area contributed by atoms with Crippen LogP contribution in [0.1, 0.15) is 12.5 Å². The van der Waals surface area contributed by atoms with Crippen molar-refractivity contribution < 1.29 is 61.9 Å². The number of halogens is 13. The molecule has 1 amide bonds. The van der Waals surface area contributed by atoms with Gasteiger partial charge in [0, 0.05) is 0 Å². The molecule has 0 fully saturated rings. The zero-order valence-electron chi connectivity index (χ0n) is 15.8. The lowest BCUT2D eigenvalue weighted by molar-refractivity contribution is -0.436. The maximum atomic E-state index is 13.6. The first kappa shape index (κ1) is 28.2. The molecular formula is C17H11F13N2O. The zero-order chi connectivity index (χ0) is 26.1. The van der Waals surface area contributed by atoms with Gasteiger partial charge in [0.2, 0.25) is 0 Å². The first-order valence-corrected chi connectivity index (χ1v) is 8.18. The first-order valence-electron chi connectivity index (χ1n) is 8.18. The molecule has 3 nitrogen and oxygen atoms in total. The maximum absolute atomic E-state index is 13.6. The summed E-state index contributed by atoms with van der Waals surface area (Å²) in [6.07, 6.45) is -5.27. The SMILES string of the molecule is CC(C=Cc1ccccc1)=NNC(=O)C(F)(F)C(F)(F)C(F)(F)C(F)(F)C(F)(F)C(F)(F)F. The van der Waals surface area contributed by atoms with Gasteiger partial charge >= 0.3 is 41.7 Å². The van der Waals surface area contributed by atoms with Crippen LogP contribution in [-0.4, -0.2) is 47.4 Å². The molecule has 0 heterocycles. The minimum absolute atomic E-state index is 0.424. The number of hydrazone groups is 1. The molecule has 0 atom stereocenters. The van der Waals surface area contributed by atoms with Crippen LogP contribution in [0.2, 0.25) is 0 Å². The molecule has 0 aromatic heterocycles. The average Bonchev–Trinajstić information content (AvgIpc) is 2.69. The highest BCUT2D eigenvalue weighted by molar-refractivity contribution is 5.97. The summed E-state index contributed by atoms with van der Waals surface area (Å²) < 4.78 is 169. The van der Waals surface area contributed by atoms with E-state index >= 15 is 0 Å². The highest BCUT2D eigenvalue weighted by Gasteiger charge is 2.91. The van der Waals surface area contributed by atoms with Crippen LogP contribution in [0.5, 0.6) is 0 Å². The summed E-state index contributed by atoms with van der Waals surface area (Å²) in [5, 5.41) is 2.81. The monoisotopic (exact) mass is 506 g/mol. The quantitative estimate of drug-likeness (QED) is 0.265. The third kappa shape index (κ3) is 4.93. The lowest BCUT2D eigenvalue weighted by Crippen LogP contribution is -2.71. The van der Waals surface area contributed by atoms with Gasteiger partial charge in [-0.25, -0.2) is 5.43 Å². The number of nitrogens with zero attached hydrogens (tertiary/aromatic N) is 1. The van der Waals surface area contributed by atoms with Gasteiger partial charge in [0.25, 0.3) is 0 Å².